The van der Waals surface area contributed by atoms with E-state index in [1.165, 1.54) is 0 Å². The van der Waals surface area contributed by atoms with Gasteiger partial charge in [0.2, 0.25) is 0 Å². The van der Waals surface area contributed by atoms with Gasteiger partial charge in [0, 0.05) is 37.5 Å². The maximum Gasteiger partial charge on any atom is 0.258 e. The molecule has 0 unspecified atom stereocenters. The summed E-state index contributed by atoms with van der Waals surface area (Å²) in [6, 6.07) is 13.0. The van der Waals surface area contributed by atoms with Gasteiger partial charge in [0.15, 0.2) is 5.82 Å². The summed E-state index contributed by atoms with van der Waals surface area (Å²) in [6.45, 7) is 1.38. The number of aryl methyl sites for hydroxylation is 2. The number of anilines is 2. The molecule has 1 aromatic heterocycles. The summed E-state index contributed by atoms with van der Waals surface area (Å²) in [6.07, 6.45) is 1.49. The van der Waals surface area contributed by atoms with Crippen molar-refractivity contribution in [3.63, 3.8) is 0 Å². The lowest BCUT2D eigenvalue weighted by Crippen LogP contribution is -2.19. The van der Waals surface area contributed by atoms with Gasteiger partial charge in [0.05, 0.1) is 25.5 Å². The van der Waals surface area contributed by atoms with Gasteiger partial charge < -0.3 is 29.7 Å². The van der Waals surface area contributed by atoms with E-state index in [0.29, 0.717) is 29.4 Å². The number of methoxy groups -OCH3 is 2. The zero-order valence-electron chi connectivity index (χ0n) is 20.4. The number of likely N-dealkylation sites (N-methyl/N-ethyl adjacent to an activating group) is 1. The smallest absolute Gasteiger partial charge is 0.258 e. The van der Waals surface area contributed by atoms with Crippen LogP contribution >= 0.6 is 0 Å². The molecule has 0 atom stereocenters. The van der Waals surface area contributed by atoms with Crippen LogP contribution in [0.15, 0.2) is 42.5 Å². The number of aromatic amines is 1. The van der Waals surface area contributed by atoms with Crippen LogP contribution in [0, 0.1) is 0 Å². The summed E-state index contributed by atoms with van der Waals surface area (Å²) in [7, 11) is 9.02. The molecule has 0 aliphatic carbocycles. The van der Waals surface area contributed by atoms with Crippen LogP contribution in [-0.4, -0.2) is 69.5 Å². The van der Waals surface area contributed by atoms with Crippen molar-refractivity contribution in [2.75, 3.05) is 59.1 Å². The number of H-pyrrole nitrogens is 1. The van der Waals surface area contributed by atoms with Crippen molar-refractivity contribution in [1.82, 2.24) is 15.1 Å². The summed E-state index contributed by atoms with van der Waals surface area (Å²) < 4.78 is 16.4. The molecule has 3 N–H and O–H groups in total. The number of carbonyl (C=O) groups excluding carboxylic acids is 1. The summed E-state index contributed by atoms with van der Waals surface area (Å²) in [4.78, 5) is 14.9. The Morgan fingerprint density at radius 1 is 1.00 bits per heavy atom. The number of hydrogen-bond acceptors (Lipinski definition) is 7. The number of carbonyl (C=O) groups is 1. The van der Waals surface area contributed by atoms with Crippen molar-refractivity contribution in [2.45, 2.75) is 12.8 Å². The van der Waals surface area contributed by atoms with E-state index >= 15 is 0 Å². The predicted octanol–water partition coefficient (Wildman–Crippen LogP) is 3.45. The van der Waals surface area contributed by atoms with Crippen LogP contribution in [0.25, 0.3) is 0 Å². The molecule has 0 aliphatic rings. The molecule has 34 heavy (non-hydrogen) atoms. The highest BCUT2D eigenvalue weighted by atomic mass is 16.5. The largest absolute Gasteiger partial charge is 0.497 e. The Morgan fingerprint density at radius 2 is 1.74 bits per heavy atom. The average molecular weight is 468 g/mol. The molecule has 0 radical (unpaired) electrons. The van der Waals surface area contributed by atoms with E-state index in [9.17, 15) is 4.79 Å². The van der Waals surface area contributed by atoms with E-state index in [4.69, 9.17) is 14.2 Å². The van der Waals surface area contributed by atoms with Crippen molar-refractivity contribution in [1.29, 1.82) is 0 Å². The summed E-state index contributed by atoms with van der Waals surface area (Å²) >= 11 is 0. The highest BCUT2D eigenvalue weighted by Crippen LogP contribution is 2.25. The van der Waals surface area contributed by atoms with E-state index in [2.05, 4.69) is 20.8 Å². The van der Waals surface area contributed by atoms with Crippen LogP contribution in [0.5, 0.6) is 17.2 Å². The number of benzene rings is 2. The van der Waals surface area contributed by atoms with E-state index < -0.39 is 0 Å². The molecule has 182 valence electrons. The van der Waals surface area contributed by atoms with Crippen molar-refractivity contribution in [2.24, 2.45) is 0 Å². The van der Waals surface area contributed by atoms with Crippen LogP contribution < -0.4 is 24.8 Å². The molecule has 3 rings (SSSR count). The molecule has 0 aliphatic heterocycles. The van der Waals surface area contributed by atoms with Crippen molar-refractivity contribution < 1.29 is 19.0 Å². The topological polar surface area (TPSA) is 101 Å². The minimum Gasteiger partial charge on any atom is -0.497 e. The lowest BCUT2D eigenvalue weighted by molar-refractivity contribution is 0.102. The normalized spacial score (nSPS) is 10.8. The summed E-state index contributed by atoms with van der Waals surface area (Å²) in [5.41, 5.74) is 3.19. The summed E-state index contributed by atoms with van der Waals surface area (Å²) in [5.74, 6) is 2.43. The van der Waals surface area contributed by atoms with Gasteiger partial charge in [-0.2, -0.15) is 5.10 Å². The third-order valence-electron chi connectivity index (χ3n) is 5.28. The third kappa shape index (κ3) is 6.89. The van der Waals surface area contributed by atoms with Crippen LogP contribution in [0.4, 0.5) is 11.5 Å². The van der Waals surface area contributed by atoms with Gasteiger partial charge in [0.25, 0.3) is 5.91 Å². The van der Waals surface area contributed by atoms with Crippen LogP contribution in [0.3, 0.4) is 0 Å². The number of nitrogens with zero attached hydrogens (tertiary/aromatic N) is 2. The minimum atomic E-state index is -0.250. The average Bonchev–Trinajstić information content (AvgIpc) is 3.29. The Balaban J connectivity index is 1.60. The maximum atomic E-state index is 12.9. The SMILES string of the molecule is CNc1cc(OCCN(C)C)ccc1C(=O)Nc1cc(CCc2cc(OC)cc(OC)c2)[nH]n1. The quantitative estimate of drug-likeness (QED) is 0.375. The Kier molecular flexibility index (Phi) is 8.75. The van der Waals surface area contributed by atoms with Crippen molar-refractivity contribution >= 4 is 17.4 Å². The number of aromatic nitrogens is 2. The lowest BCUT2D eigenvalue weighted by Gasteiger charge is -2.14. The number of hydrogen-bond donors (Lipinski definition) is 3. The molecule has 0 bridgehead atoms. The van der Waals surface area contributed by atoms with Crippen LogP contribution in [-0.2, 0) is 12.8 Å². The number of nitrogens with one attached hydrogen (secondary N) is 3. The Labute approximate surface area is 200 Å². The fourth-order valence-corrected chi connectivity index (χ4v) is 3.39. The maximum absolute atomic E-state index is 12.9. The Bertz CT molecular complexity index is 1070. The second-order valence-electron chi connectivity index (χ2n) is 8.06. The highest BCUT2D eigenvalue weighted by molar-refractivity contribution is 6.07. The van der Waals surface area contributed by atoms with E-state index in [1.54, 1.807) is 33.4 Å². The molecule has 9 nitrogen and oxygen atoms in total. The highest BCUT2D eigenvalue weighted by Gasteiger charge is 2.14. The molecule has 2 aromatic carbocycles. The van der Waals surface area contributed by atoms with Crippen LogP contribution in [0.1, 0.15) is 21.6 Å². The van der Waals surface area contributed by atoms with E-state index in [1.807, 2.05) is 49.3 Å². The van der Waals surface area contributed by atoms with Crippen LogP contribution in [0.2, 0.25) is 0 Å². The zero-order chi connectivity index (χ0) is 24.5. The van der Waals surface area contributed by atoms with Gasteiger partial charge in [-0.25, -0.2) is 0 Å². The first kappa shape index (κ1) is 24.9. The number of rotatable bonds is 12. The van der Waals surface area contributed by atoms with Crippen molar-refractivity contribution in [3.05, 3.63) is 59.3 Å². The molecular formula is C25H33N5O4. The van der Waals surface area contributed by atoms with E-state index in [-0.39, 0.29) is 5.91 Å². The monoisotopic (exact) mass is 467 g/mol. The number of amides is 1. The predicted molar refractivity (Wildman–Crippen MR) is 134 cm³/mol. The Hall–Kier alpha value is -3.72. The van der Waals surface area contributed by atoms with E-state index in [0.717, 1.165) is 42.1 Å². The first-order valence-electron chi connectivity index (χ1n) is 11.1. The second-order valence-corrected chi connectivity index (χ2v) is 8.06. The van der Waals surface area contributed by atoms with Gasteiger partial charge in [-0.1, -0.05) is 0 Å². The molecule has 0 fully saturated rings. The molecule has 1 amide bonds. The molecule has 3 aromatic rings. The molecular weight excluding hydrogens is 434 g/mol. The fourth-order valence-electron chi connectivity index (χ4n) is 3.39. The molecule has 9 heteroatoms. The van der Waals surface area contributed by atoms with Gasteiger partial charge in [-0.3, -0.25) is 9.89 Å². The first-order chi connectivity index (χ1) is 16.4. The summed E-state index contributed by atoms with van der Waals surface area (Å²) in [5, 5.41) is 13.1. The lowest BCUT2D eigenvalue weighted by atomic mass is 10.1. The third-order valence-corrected chi connectivity index (χ3v) is 5.28. The van der Waals surface area contributed by atoms with Gasteiger partial charge in [-0.05, 0) is 56.8 Å². The van der Waals surface area contributed by atoms with Crippen molar-refractivity contribution in [3.8, 4) is 17.2 Å². The standard InChI is InChI=1S/C25H33N5O4/c1-26-23-16-19(34-11-10-30(2)3)8-9-22(23)25(31)27-24-14-18(28-29-24)7-6-17-12-20(32-4)15-21(13-17)33-5/h8-9,12-16,26H,6-7,10-11H2,1-5H3,(H2,27,28,29,31). The van der Waals surface area contributed by atoms with Gasteiger partial charge >= 0.3 is 0 Å². The first-order valence-corrected chi connectivity index (χ1v) is 11.1. The Morgan fingerprint density at radius 3 is 2.38 bits per heavy atom. The number of ether oxygens (including phenoxy) is 3. The second kappa shape index (κ2) is 11.9. The zero-order valence-corrected chi connectivity index (χ0v) is 20.4. The molecule has 0 saturated carbocycles. The minimum absolute atomic E-state index is 0.250. The molecule has 0 spiro atoms. The van der Waals surface area contributed by atoms with Gasteiger partial charge in [-0.15, -0.1) is 0 Å². The molecule has 1 heterocycles. The van der Waals surface area contributed by atoms with Gasteiger partial charge in [0.1, 0.15) is 23.9 Å². The fraction of sp³-hybridized carbons (Fsp3) is 0.360. The molecule has 0 saturated heterocycles.